The zero-order valence-electron chi connectivity index (χ0n) is 9.88. The molecule has 0 aromatic heterocycles. The van der Waals surface area contributed by atoms with Crippen molar-refractivity contribution in [1.82, 2.24) is 10.2 Å². The normalized spacial score (nSPS) is 26.1. The molecule has 0 spiro atoms. The van der Waals surface area contributed by atoms with Crippen molar-refractivity contribution in [3.63, 3.8) is 0 Å². The highest BCUT2D eigenvalue weighted by atomic mass is 16.2. The Labute approximate surface area is 92.2 Å². The van der Waals surface area contributed by atoms with Crippen LogP contribution in [-0.2, 0) is 4.79 Å². The van der Waals surface area contributed by atoms with Gasteiger partial charge >= 0.3 is 0 Å². The SMILES string of the molecule is CC1(C)CN(C(=O)CC2CCC2)CCN1. The van der Waals surface area contributed by atoms with E-state index >= 15 is 0 Å². The summed E-state index contributed by atoms with van der Waals surface area (Å²) in [5.41, 5.74) is 0.0908. The van der Waals surface area contributed by atoms with Crippen LogP contribution in [0.15, 0.2) is 0 Å². The van der Waals surface area contributed by atoms with Crippen LogP contribution >= 0.6 is 0 Å². The molecule has 3 nitrogen and oxygen atoms in total. The van der Waals surface area contributed by atoms with Crippen molar-refractivity contribution >= 4 is 5.91 Å². The second kappa shape index (κ2) is 4.12. The number of hydrogen-bond acceptors (Lipinski definition) is 2. The zero-order chi connectivity index (χ0) is 10.9. The van der Waals surface area contributed by atoms with Crippen LogP contribution in [0.25, 0.3) is 0 Å². The first-order chi connectivity index (χ1) is 7.07. The predicted molar refractivity (Wildman–Crippen MR) is 60.6 cm³/mol. The molecule has 1 N–H and O–H groups in total. The second-order valence-corrected chi connectivity index (χ2v) is 5.63. The highest BCUT2D eigenvalue weighted by Gasteiger charge is 2.30. The van der Waals surface area contributed by atoms with E-state index in [1.165, 1.54) is 19.3 Å². The molecular weight excluding hydrogens is 188 g/mol. The molecule has 0 aromatic rings. The Hall–Kier alpha value is -0.570. The molecule has 2 fully saturated rings. The number of rotatable bonds is 2. The molecule has 1 amide bonds. The summed E-state index contributed by atoms with van der Waals surface area (Å²) in [5, 5.41) is 3.43. The molecular formula is C12H22N2O. The fraction of sp³-hybridized carbons (Fsp3) is 0.917. The first-order valence-electron chi connectivity index (χ1n) is 6.10. The molecule has 1 saturated carbocycles. The summed E-state index contributed by atoms with van der Waals surface area (Å²) in [5.74, 6) is 1.06. The van der Waals surface area contributed by atoms with Crippen LogP contribution in [0.2, 0.25) is 0 Å². The lowest BCUT2D eigenvalue weighted by Gasteiger charge is -2.40. The molecule has 2 rings (SSSR count). The van der Waals surface area contributed by atoms with Crippen LogP contribution in [0.5, 0.6) is 0 Å². The van der Waals surface area contributed by atoms with Crippen LogP contribution < -0.4 is 5.32 Å². The summed E-state index contributed by atoms with van der Waals surface area (Å²) >= 11 is 0. The second-order valence-electron chi connectivity index (χ2n) is 5.63. The Morgan fingerprint density at radius 1 is 1.47 bits per heavy atom. The number of nitrogens with one attached hydrogen (secondary N) is 1. The van der Waals surface area contributed by atoms with Crippen molar-refractivity contribution in [2.24, 2.45) is 5.92 Å². The van der Waals surface area contributed by atoms with Gasteiger partial charge in [-0.1, -0.05) is 6.42 Å². The molecule has 0 unspecified atom stereocenters. The maximum atomic E-state index is 12.0. The van der Waals surface area contributed by atoms with Gasteiger partial charge in [0.2, 0.25) is 5.91 Å². The van der Waals surface area contributed by atoms with E-state index in [9.17, 15) is 4.79 Å². The Morgan fingerprint density at radius 3 is 2.73 bits per heavy atom. The fourth-order valence-electron chi connectivity index (χ4n) is 2.43. The quantitative estimate of drug-likeness (QED) is 0.747. The largest absolute Gasteiger partial charge is 0.340 e. The fourth-order valence-corrected chi connectivity index (χ4v) is 2.43. The summed E-state index contributed by atoms with van der Waals surface area (Å²) < 4.78 is 0. The highest BCUT2D eigenvalue weighted by Crippen LogP contribution is 2.30. The van der Waals surface area contributed by atoms with E-state index < -0.39 is 0 Å². The van der Waals surface area contributed by atoms with Gasteiger partial charge in [0.1, 0.15) is 0 Å². The number of amides is 1. The van der Waals surface area contributed by atoms with Gasteiger partial charge in [0, 0.05) is 31.6 Å². The molecule has 0 bridgehead atoms. The van der Waals surface area contributed by atoms with E-state index in [4.69, 9.17) is 0 Å². The van der Waals surface area contributed by atoms with Crippen LogP contribution in [-0.4, -0.2) is 36.0 Å². The van der Waals surface area contributed by atoms with Gasteiger partial charge in [-0.2, -0.15) is 0 Å². The molecule has 2 aliphatic rings. The summed E-state index contributed by atoms with van der Waals surface area (Å²) in [4.78, 5) is 14.0. The lowest BCUT2D eigenvalue weighted by Crippen LogP contribution is -2.58. The molecule has 3 heteroatoms. The number of piperazine rings is 1. The van der Waals surface area contributed by atoms with Gasteiger partial charge in [0.15, 0.2) is 0 Å². The number of nitrogens with zero attached hydrogens (tertiary/aromatic N) is 1. The molecule has 0 atom stereocenters. The summed E-state index contributed by atoms with van der Waals surface area (Å²) in [6.45, 7) is 7.00. The van der Waals surface area contributed by atoms with Crippen LogP contribution in [0.1, 0.15) is 39.5 Å². The third-order valence-corrected chi connectivity index (χ3v) is 3.61. The zero-order valence-corrected chi connectivity index (χ0v) is 9.88. The Balaban J connectivity index is 1.83. The van der Waals surface area contributed by atoms with Crippen LogP contribution in [0.4, 0.5) is 0 Å². The highest BCUT2D eigenvalue weighted by molar-refractivity contribution is 5.76. The molecule has 1 aliphatic heterocycles. The van der Waals surface area contributed by atoms with Crippen molar-refractivity contribution in [1.29, 1.82) is 0 Å². The summed E-state index contributed by atoms with van der Waals surface area (Å²) in [6.07, 6.45) is 4.64. The minimum absolute atomic E-state index is 0.0908. The van der Waals surface area contributed by atoms with Crippen LogP contribution in [0.3, 0.4) is 0 Å². The van der Waals surface area contributed by atoms with E-state index in [0.29, 0.717) is 11.8 Å². The number of carbonyl (C=O) groups is 1. The predicted octanol–water partition coefficient (Wildman–Crippen LogP) is 1.39. The minimum Gasteiger partial charge on any atom is -0.340 e. The van der Waals surface area contributed by atoms with Crippen molar-refractivity contribution in [2.45, 2.75) is 45.1 Å². The van der Waals surface area contributed by atoms with Gasteiger partial charge in [0.05, 0.1) is 0 Å². The van der Waals surface area contributed by atoms with Crippen LogP contribution in [0, 0.1) is 5.92 Å². The average Bonchev–Trinajstić information content (AvgIpc) is 2.09. The lowest BCUT2D eigenvalue weighted by atomic mass is 9.82. The summed E-state index contributed by atoms with van der Waals surface area (Å²) in [7, 11) is 0. The third-order valence-electron chi connectivity index (χ3n) is 3.61. The number of hydrogen-bond donors (Lipinski definition) is 1. The van der Waals surface area contributed by atoms with Gasteiger partial charge in [-0.25, -0.2) is 0 Å². The van der Waals surface area contributed by atoms with Gasteiger partial charge < -0.3 is 10.2 Å². The van der Waals surface area contributed by atoms with Gasteiger partial charge in [0.25, 0.3) is 0 Å². The molecule has 1 aliphatic carbocycles. The van der Waals surface area contributed by atoms with Crippen molar-refractivity contribution in [2.75, 3.05) is 19.6 Å². The molecule has 15 heavy (non-hydrogen) atoms. The maximum Gasteiger partial charge on any atom is 0.222 e. The van der Waals surface area contributed by atoms with E-state index in [1.807, 2.05) is 4.90 Å². The van der Waals surface area contributed by atoms with E-state index in [0.717, 1.165) is 26.1 Å². The third kappa shape index (κ3) is 2.71. The molecule has 0 aromatic carbocycles. The Bertz CT molecular complexity index is 246. The molecule has 1 saturated heterocycles. The van der Waals surface area contributed by atoms with Gasteiger partial charge in [-0.3, -0.25) is 4.79 Å². The van der Waals surface area contributed by atoms with E-state index in [2.05, 4.69) is 19.2 Å². The van der Waals surface area contributed by atoms with E-state index in [-0.39, 0.29) is 5.54 Å². The topological polar surface area (TPSA) is 32.3 Å². The standard InChI is InChI=1S/C12H22N2O/c1-12(2)9-14(7-6-13-12)11(15)8-10-4-3-5-10/h10,13H,3-9H2,1-2H3. The van der Waals surface area contributed by atoms with E-state index in [1.54, 1.807) is 0 Å². The minimum atomic E-state index is 0.0908. The summed E-state index contributed by atoms with van der Waals surface area (Å²) in [6, 6.07) is 0. The number of carbonyl (C=O) groups excluding carboxylic acids is 1. The van der Waals surface area contributed by atoms with Crippen molar-refractivity contribution in [3.05, 3.63) is 0 Å². The van der Waals surface area contributed by atoms with Crippen molar-refractivity contribution < 1.29 is 4.79 Å². The molecule has 86 valence electrons. The Kier molecular flexibility index (Phi) is 3.01. The first kappa shape index (κ1) is 10.9. The lowest BCUT2D eigenvalue weighted by molar-refractivity contribution is -0.134. The van der Waals surface area contributed by atoms with Gasteiger partial charge in [-0.05, 0) is 32.6 Å². The molecule has 0 radical (unpaired) electrons. The molecule has 1 heterocycles. The smallest absolute Gasteiger partial charge is 0.222 e. The Morgan fingerprint density at radius 2 is 2.20 bits per heavy atom. The average molecular weight is 210 g/mol. The van der Waals surface area contributed by atoms with Gasteiger partial charge in [-0.15, -0.1) is 0 Å². The monoisotopic (exact) mass is 210 g/mol. The maximum absolute atomic E-state index is 12.0. The first-order valence-corrected chi connectivity index (χ1v) is 6.10. The van der Waals surface area contributed by atoms with Crippen molar-refractivity contribution in [3.8, 4) is 0 Å².